The highest BCUT2D eigenvalue weighted by molar-refractivity contribution is 5.79. The molecule has 19 heavy (non-hydrogen) atoms. The molecule has 2 rings (SSSR count). The Balaban J connectivity index is 1.87. The highest BCUT2D eigenvalue weighted by Crippen LogP contribution is 2.25. The Kier molecular flexibility index (Phi) is 6.15. The van der Waals surface area contributed by atoms with E-state index in [9.17, 15) is 4.79 Å². The Morgan fingerprint density at radius 2 is 1.79 bits per heavy atom. The maximum atomic E-state index is 12.7. The maximum Gasteiger partial charge on any atom is 0.225 e. The van der Waals surface area contributed by atoms with Crippen LogP contribution in [0.4, 0.5) is 0 Å². The van der Waals surface area contributed by atoms with Gasteiger partial charge >= 0.3 is 0 Å². The van der Waals surface area contributed by atoms with Crippen molar-refractivity contribution < 1.29 is 4.79 Å². The van der Waals surface area contributed by atoms with Gasteiger partial charge in [-0.3, -0.25) is 4.79 Å². The average molecular weight is 266 g/mol. The highest BCUT2D eigenvalue weighted by atomic mass is 16.2. The smallest absolute Gasteiger partial charge is 0.225 e. The number of nitrogens with zero attached hydrogens (tertiary/aromatic N) is 1. The Bertz CT molecular complexity index is 268. The van der Waals surface area contributed by atoms with Gasteiger partial charge in [-0.2, -0.15) is 0 Å². The highest BCUT2D eigenvalue weighted by Gasteiger charge is 2.27. The van der Waals surface area contributed by atoms with E-state index in [2.05, 4.69) is 17.1 Å². The lowest BCUT2D eigenvalue weighted by Gasteiger charge is -2.33. The first-order valence-electron chi connectivity index (χ1n) is 8.30. The molecule has 1 aliphatic heterocycles. The topological polar surface area (TPSA) is 32.3 Å². The van der Waals surface area contributed by atoms with E-state index < -0.39 is 0 Å². The molecule has 0 spiro atoms. The molecule has 1 aliphatic carbocycles. The number of amides is 1. The molecule has 1 N–H and O–H groups in total. The lowest BCUT2D eigenvalue weighted by molar-refractivity contribution is -0.137. The zero-order chi connectivity index (χ0) is 13.5. The molecule has 0 aromatic rings. The van der Waals surface area contributed by atoms with E-state index >= 15 is 0 Å². The van der Waals surface area contributed by atoms with Gasteiger partial charge in [-0.1, -0.05) is 26.2 Å². The van der Waals surface area contributed by atoms with E-state index in [1.54, 1.807) is 0 Å². The molecule has 110 valence electrons. The molecule has 3 heteroatoms. The second-order valence-electron chi connectivity index (χ2n) is 6.31. The second-order valence-corrected chi connectivity index (χ2v) is 6.31. The van der Waals surface area contributed by atoms with Gasteiger partial charge in [0, 0.05) is 19.0 Å². The molecule has 1 amide bonds. The van der Waals surface area contributed by atoms with Crippen molar-refractivity contribution in [3.8, 4) is 0 Å². The Labute approximate surface area is 118 Å². The van der Waals surface area contributed by atoms with Gasteiger partial charge in [-0.15, -0.1) is 0 Å². The first-order valence-corrected chi connectivity index (χ1v) is 8.30. The number of hydrogen-bond donors (Lipinski definition) is 1. The zero-order valence-electron chi connectivity index (χ0n) is 12.5. The van der Waals surface area contributed by atoms with Crippen LogP contribution >= 0.6 is 0 Å². The number of carbonyl (C=O) groups excluding carboxylic acids is 1. The van der Waals surface area contributed by atoms with Gasteiger partial charge in [-0.25, -0.2) is 0 Å². The monoisotopic (exact) mass is 266 g/mol. The van der Waals surface area contributed by atoms with Crippen LogP contribution in [-0.4, -0.2) is 37.0 Å². The van der Waals surface area contributed by atoms with E-state index in [0.717, 1.165) is 51.4 Å². The lowest BCUT2D eigenvalue weighted by atomic mass is 9.88. The molecule has 0 unspecified atom stereocenters. The fraction of sp³-hybridized carbons (Fsp3) is 0.938. The molecule has 1 saturated heterocycles. The summed E-state index contributed by atoms with van der Waals surface area (Å²) in [6.07, 6.45) is 9.95. The van der Waals surface area contributed by atoms with Gasteiger partial charge in [0.2, 0.25) is 5.91 Å². The van der Waals surface area contributed by atoms with Crippen molar-refractivity contribution in [3.05, 3.63) is 0 Å². The Morgan fingerprint density at radius 1 is 1.11 bits per heavy atom. The van der Waals surface area contributed by atoms with E-state index in [1.165, 1.54) is 32.1 Å². The van der Waals surface area contributed by atoms with Crippen LogP contribution in [0, 0.1) is 11.8 Å². The van der Waals surface area contributed by atoms with Gasteiger partial charge in [0.1, 0.15) is 0 Å². The third-order valence-electron chi connectivity index (χ3n) is 4.70. The van der Waals surface area contributed by atoms with Gasteiger partial charge in [0.25, 0.3) is 0 Å². The summed E-state index contributed by atoms with van der Waals surface area (Å²) in [5, 5.41) is 3.35. The Morgan fingerprint density at radius 3 is 2.42 bits per heavy atom. The van der Waals surface area contributed by atoms with Gasteiger partial charge < -0.3 is 10.2 Å². The van der Waals surface area contributed by atoms with Crippen LogP contribution in [0.25, 0.3) is 0 Å². The van der Waals surface area contributed by atoms with Crippen LogP contribution in [-0.2, 0) is 4.79 Å². The number of piperidine rings is 1. The molecule has 0 atom stereocenters. The molecule has 0 bridgehead atoms. The van der Waals surface area contributed by atoms with Crippen molar-refractivity contribution in [3.63, 3.8) is 0 Å². The van der Waals surface area contributed by atoms with E-state index in [0.29, 0.717) is 5.91 Å². The summed E-state index contributed by atoms with van der Waals surface area (Å²) >= 11 is 0. The van der Waals surface area contributed by atoms with Gasteiger partial charge in [-0.05, 0) is 51.1 Å². The molecular formula is C16H30N2O. The van der Waals surface area contributed by atoms with Crippen molar-refractivity contribution in [2.75, 3.05) is 26.2 Å². The zero-order valence-corrected chi connectivity index (χ0v) is 12.5. The summed E-state index contributed by atoms with van der Waals surface area (Å²) in [4.78, 5) is 14.8. The SMILES string of the molecule is CCCN(CC1CCCCC1)C(=O)C1CCNCC1. The van der Waals surface area contributed by atoms with E-state index in [-0.39, 0.29) is 5.92 Å². The quantitative estimate of drug-likeness (QED) is 0.830. The number of hydrogen-bond acceptors (Lipinski definition) is 2. The van der Waals surface area contributed by atoms with Crippen LogP contribution in [0.5, 0.6) is 0 Å². The molecule has 2 fully saturated rings. The molecule has 1 saturated carbocycles. The molecule has 0 radical (unpaired) electrons. The van der Waals surface area contributed by atoms with E-state index in [1.807, 2.05) is 0 Å². The summed E-state index contributed by atoms with van der Waals surface area (Å²) in [7, 11) is 0. The summed E-state index contributed by atoms with van der Waals surface area (Å²) in [5.41, 5.74) is 0. The van der Waals surface area contributed by atoms with Crippen LogP contribution in [0.1, 0.15) is 58.3 Å². The molecule has 1 heterocycles. The minimum absolute atomic E-state index is 0.288. The van der Waals surface area contributed by atoms with Gasteiger partial charge in [0.05, 0.1) is 0 Å². The van der Waals surface area contributed by atoms with Crippen molar-refractivity contribution in [1.29, 1.82) is 0 Å². The van der Waals surface area contributed by atoms with Crippen LogP contribution < -0.4 is 5.32 Å². The van der Waals surface area contributed by atoms with Crippen molar-refractivity contribution in [1.82, 2.24) is 10.2 Å². The van der Waals surface area contributed by atoms with Crippen molar-refractivity contribution in [2.24, 2.45) is 11.8 Å². The minimum atomic E-state index is 0.288. The second kappa shape index (κ2) is 7.88. The predicted octanol–water partition coefficient (Wildman–Crippen LogP) is 2.80. The van der Waals surface area contributed by atoms with Crippen molar-refractivity contribution >= 4 is 5.91 Å². The predicted molar refractivity (Wildman–Crippen MR) is 79.0 cm³/mol. The number of carbonyl (C=O) groups is 1. The minimum Gasteiger partial charge on any atom is -0.342 e. The summed E-state index contributed by atoms with van der Waals surface area (Å²) in [5.74, 6) is 1.50. The fourth-order valence-corrected chi connectivity index (χ4v) is 3.57. The van der Waals surface area contributed by atoms with Crippen LogP contribution in [0.3, 0.4) is 0 Å². The first-order chi connectivity index (χ1) is 9.31. The van der Waals surface area contributed by atoms with Crippen LogP contribution in [0.2, 0.25) is 0 Å². The maximum absolute atomic E-state index is 12.7. The normalized spacial score (nSPS) is 22.4. The third kappa shape index (κ3) is 4.48. The number of rotatable bonds is 5. The van der Waals surface area contributed by atoms with E-state index in [4.69, 9.17) is 0 Å². The summed E-state index contributed by atoms with van der Waals surface area (Å²) in [6.45, 7) is 6.19. The Hall–Kier alpha value is -0.570. The fourth-order valence-electron chi connectivity index (χ4n) is 3.57. The molecule has 0 aromatic carbocycles. The first kappa shape index (κ1) is 14.8. The van der Waals surface area contributed by atoms with Gasteiger partial charge in [0.15, 0.2) is 0 Å². The molecule has 0 aromatic heterocycles. The lowest BCUT2D eigenvalue weighted by Crippen LogP contribution is -2.43. The van der Waals surface area contributed by atoms with Crippen molar-refractivity contribution in [2.45, 2.75) is 58.3 Å². The third-order valence-corrected chi connectivity index (χ3v) is 4.70. The largest absolute Gasteiger partial charge is 0.342 e. The molecular weight excluding hydrogens is 236 g/mol. The van der Waals surface area contributed by atoms with Crippen LogP contribution in [0.15, 0.2) is 0 Å². The standard InChI is InChI=1S/C16H30N2O/c1-2-12-18(13-14-6-4-3-5-7-14)16(19)15-8-10-17-11-9-15/h14-15,17H,2-13H2,1H3. The number of nitrogens with one attached hydrogen (secondary N) is 1. The summed E-state index contributed by atoms with van der Waals surface area (Å²) < 4.78 is 0. The molecule has 3 nitrogen and oxygen atoms in total. The summed E-state index contributed by atoms with van der Waals surface area (Å²) in [6, 6.07) is 0. The molecule has 2 aliphatic rings. The average Bonchev–Trinajstić information content (AvgIpc) is 2.48.